The lowest BCUT2D eigenvalue weighted by Gasteiger charge is -2.24. The highest BCUT2D eigenvalue weighted by molar-refractivity contribution is 6.06. The van der Waals surface area contributed by atoms with Crippen LogP contribution in [0.4, 0.5) is 17.1 Å². The number of benzene rings is 2. The first kappa shape index (κ1) is 24.5. The second-order valence-corrected chi connectivity index (χ2v) is 9.00. The van der Waals surface area contributed by atoms with Gasteiger partial charge in [0.2, 0.25) is 0 Å². The summed E-state index contributed by atoms with van der Waals surface area (Å²) in [6.45, 7) is 1.20. The molecular weight excluding hydrogens is 448 g/mol. The molecule has 1 aromatic heterocycles. The fourth-order valence-electron chi connectivity index (χ4n) is 4.96. The topological polar surface area (TPSA) is 129 Å². The van der Waals surface area contributed by atoms with Gasteiger partial charge in [-0.05, 0) is 43.7 Å². The summed E-state index contributed by atoms with van der Waals surface area (Å²) in [6, 6.07) is 7.75. The number of ether oxygens (including phenoxy) is 1. The van der Waals surface area contributed by atoms with E-state index in [1.807, 2.05) is 43.5 Å². The molecule has 1 saturated carbocycles. The van der Waals surface area contributed by atoms with Crippen LogP contribution in [0.5, 0.6) is 0 Å². The number of nitrogen functional groups attached to an aromatic ring is 1. The standard InChI is InChI=1S/C25H32N6O4/c1-27-11-12-29(2)21-14-18(24(31(33)34)23(26)22(21)25(32)35-3)16-9-10-20-19(13-16)28-15-30(20)17-7-5-4-6-8-17/h9-10,13-15,17,27H,4-8,11-12,26H2,1-3H3. The number of nitrogens with zero attached hydrogens (tertiary/aromatic N) is 4. The zero-order valence-electron chi connectivity index (χ0n) is 20.4. The SMILES string of the molecule is CNCCN(C)c1cc(-c2ccc3c(c2)ncn3C2CCCCC2)c([N+](=O)[O-])c(N)c1C(=O)OC. The molecule has 10 nitrogen and oxygen atoms in total. The number of hydrogen-bond acceptors (Lipinski definition) is 8. The van der Waals surface area contributed by atoms with Crippen LogP contribution in [0.1, 0.15) is 48.5 Å². The summed E-state index contributed by atoms with van der Waals surface area (Å²) in [7, 11) is 4.87. The van der Waals surface area contributed by atoms with Crippen LogP contribution in [0.15, 0.2) is 30.6 Å². The van der Waals surface area contributed by atoms with E-state index < -0.39 is 10.9 Å². The van der Waals surface area contributed by atoms with Crippen molar-refractivity contribution in [1.82, 2.24) is 14.9 Å². The van der Waals surface area contributed by atoms with Gasteiger partial charge >= 0.3 is 11.7 Å². The predicted molar refractivity (Wildman–Crippen MR) is 137 cm³/mol. The molecule has 3 aromatic rings. The van der Waals surface area contributed by atoms with Gasteiger partial charge in [0, 0.05) is 26.2 Å². The molecule has 2 aromatic carbocycles. The number of esters is 1. The Balaban J connectivity index is 1.87. The van der Waals surface area contributed by atoms with Gasteiger partial charge in [-0.1, -0.05) is 25.3 Å². The number of methoxy groups -OCH3 is 1. The number of aromatic nitrogens is 2. The molecule has 0 atom stereocenters. The number of anilines is 2. The summed E-state index contributed by atoms with van der Waals surface area (Å²) in [5, 5.41) is 15.2. The molecule has 1 aliphatic rings. The van der Waals surface area contributed by atoms with E-state index >= 15 is 0 Å². The van der Waals surface area contributed by atoms with Crippen LogP contribution in [0.3, 0.4) is 0 Å². The Labute approximate surface area is 204 Å². The average molecular weight is 481 g/mol. The molecule has 0 radical (unpaired) electrons. The van der Waals surface area contributed by atoms with E-state index in [-0.39, 0.29) is 16.9 Å². The largest absolute Gasteiger partial charge is 0.465 e. The maximum atomic E-state index is 12.6. The third-order valence-electron chi connectivity index (χ3n) is 6.85. The van der Waals surface area contributed by atoms with Crippen molar-refractivity contribution < 1.29 is 14.5 Å². The van der Waals surface area contributed by atoms with Crippen LogP contribution < -0.4 is 16.0 Å². The molecule has 1 fully saturated rings. The van der Waals surface area contributed by atoms with Gasteiger partial charge < -0.3 is 25.3 Å². The molecule has 10 heteroatoms. The highest BCUT2D eigenvalue weighted by Crippen LogP contribution is 2.43. The average Bonchev–Trinajstić information content (AvgIpc) is 3.29. The number of nitro groups is 1. The van der Waals surface area contributed by atoms with E-state index in [9.17, 15) is 14.9 Å². The van der Waals surface area contributed by atoms with Gasteiger partial charge in [-0.15, -0.1) is 0 Å². The van der Waals surface area contributed by atoms with Crippen molar-refractivity contribution in [3.8, 4) is 11.1 Å². The molecule has 4 rings (SSSR count). The molecule has 35 heavy (non-hydrogen) atoms. The number of rotatable bonds is 8. The normalized spacial score (nSPS) is 14.3. The summed E-state index contributed by atoms with van der Waals surface area (Å²) in [6.07, 6.45) is 7.82. The van der Waals surface area contributed by atoms with Gasteiger partial charge in [0.1, 0.15) is 11.3 Å². The lowest BCUT2D eigenvalue weighted by molar-refractivity contribution is -0.383. The molecule has 0 amide bonds. The molecule has 1 aliphatic carbocycles. The number of nitrogens with two attached hydrogens (primary N) is 1. The number of carbonyl (C=O) groups excluding carboxylic acids is 1. The van der Waals surface area contributed by atoms with Gasteiger partial charge in [-0.25, -0.2) is 9.78 Å². The Morgan fingerprint density at radius 1 is 1.31 bits per heavy atom. The number of carbonyl (C=O) groups is 1. The predicted octanol–water partition coefficient (Wildman–Crippen LogP) is 4.14. The van der Waals surface area contributed by atoms with E-state index in [0.717, 1.165) is 23.9 Å². The van der Waals surface area contributed by atoms with Crippen molar-refractivity contribution in [2.75, 3.05) is 44.9 Å². The van der Waals surface area contributed by atoms with Crippen molar-refractivity contribution in [2.45, 2.75) is 38.1 Å². The zero-order valence-corrected chi connectivity index (χ0v) is 20.4. The number of nitro benzene ring substituents is 1. The van der Waals surface area contributed by atoms with Crippen LogP contribution in [0.2, 0.25) is 0 Å². The molecule has 3 N–H and O–H groups in total. The lowest BCUT2D eigenvalue weighted by atomic mass is 9.95. The van der Waals surface area contributed by atoms with Gasteiger partial charge in [-0.2, -0.15) is 0 Å². The molecule has 0 spiro atoms. The minimum absolute atomic E-state index is 0.00999. The quantitative estimate of drug-likeness (QED) is 0.213. The van der Waals surface area contributed by atoms with Crippen LogP contribution in [0.25, 0.3) is 22.2 Å². The first-order chi connectivity index (χ1) is 16.9. The molecule has 186 valence electrons. The number of hydrogen-bond donors (Lipinski definition) is 2. The maximum absolute atomic E-state index is 12.6. The Morgan fingerprint density at radius 2 is 2.06 bits per heavy atom. The van der Waals surface area contributed by atoms with Crippen molar-refractivity contribution >= 4 is 34.1 Å². The van der Waals surface area contributed by atoms with Gasteiger partial charge in [0.15, 0.2) is 0 Å². The fourth-order valence-corrected chi connectivity index (χ4v) is 4.96. The highest BCUT2D eigenvalue weighted by Gasteiger charge is 2.31. The number of nitrogens with one attached hydrogen (secondary N) is 1. The van der Waals surface area contributed by atoms with E-state index in [1.165, 1.54) is 26.4 Å². The summed E-state index contributed by atoms with van der Waals surface area (Å²) in [4.78, 5) is 30.6. The molecular formula is C25H32N6O4. The third kappa shape index (κ3) is 4.66. The molecule has 0 saturated heterocycles. The minimum atomic E-state index is -0.717. The lowest BCUT2D eigenvalue weighted by Crippen LogP contribution is -2.29. The summed E-state index contributed by atoms with van der Waals surface area (Å²) < 4.78 is 7.13. The van der Waals surface area contributed by atoms with Crippen LogP contribution >= 0.6 is 0 Å². The van der Waals surface area contributed by atoms with Crippen molar-refractivity contribution in [1.29, 1.82) is 0 Å². The van der Waals surface area contributed by atoms with Crippen LogP contribution in [-0.4, -0.2) is 54.7 Å². The van der Waals surface area contributed by atoms with Crippen LogP contribution in [-0.2, 0) is 4.74 Å². The molecule has 0 aliphatic heterocycles. The van der Waals surface area contributed by atoms with Gasteiger partial charge in [0.05, 0.1) is 40.6 Å². The second kappa shape index (κ2) is 10.3. The molecule has 0 unspecified atom stereocenters. The fraction of sp³-hybridized carbons (Fsp3) is 0.440. The number of likely N-dealkylation sites (N-methyl/N-ethyl adjacent to an activating group) is 2. The van der Waals surface area contributed by atoms with Crippen molar-refractivity contribution in [2.24, 2.45) is 0 Å². The number of imidazole rings is 1. The second-order valence-electron chi connectivity index (χ2n) is 9.00. The first-order valence-corrected chi connectivity index (χ1v) is 11.9. The smallest absolute Gasteiger partial charge is 0.342 e. The van der Waals surface area contributed by atoms with Crippen molar-refractivity contribution in [3.05, 3.63) is 46.3 Å². The van der Waals surface area contributed by atoms with E-state index in [0.29, 0.717) is 35.9 Å². The maximum Gasteiger partial charge on any atom is 0.342 e. The molecule has 1 heterocycles. The van der Waals surface area contributed by atoms with Gasteiger partial charge in [-0.3, -0.25) is 10.1 Å². The van der Waals surface area contributed by atoms with Crippen LogP contribution in [0, 0.1) is 10.1 Å². The Kier molecular flexibility index (Phi) is 7.20. The van der Waals surface area contributed by atoms with E-state index in [1.54, 1.807) is 6.07 Å². The van der Waals surface area contributed by atoms with Gasteiger partial charge in [0.25, 0.3) is 0 Å². The monoisotopic (exact) mass is 480 g/mol. The first-order valence-electron chi connectivity index (χ1n) is 11.9. The zero-order chi connectivity index (χ0) is 25.1. The summed E-state index contributed by atoms with van der Waals surface area (Å²) in [5.41, 5.74) is 8.93. The Bertz CT molecular complexity index is 1250. The number of fused-ring (bicyclic) bond motifs is 1. The van der Waals surface area contributed by atoms with E-state index in [2.05, 4.69) is 14.9 Å². The highest BCUT2D eigenvalue weighted by atomic mass is 16.6. The third-order valence-corrected chi connectivity index (χ3v) is 6.85. The minimum Gasteiger partial charge on any atom is -0.465 e. The van der Waals surface area contributed by atoms with E-state index in [4.69, 9.17) is 10.5 Å². The molecule has 0 bridgehead atoms. The Hall–Kier alpha value is -3.66. The van der Waals surface area contributed by atoms with Crippen molar-refractivity contribution in [3.63, 3.8) is 0 Å². The summed E-state index contributed by atoms with van der Waals surface area (Å²) in [5.74, 6) is -0.717. The Morgan fingerprint density at radius 3 is 2.71 bits per heavy atom. The summed E-state index contributed by atoms with van der Waals surface area (Å²) >= 11 is 0.